The van der Waals surface area contributed by atoms with Crippen molar-refractivity contribution < 1.29 is 9.52 Å². The van der Waals surface area contributed by atoms with Crippen LogP contribution in [-0.4, -0.2) is 5.11 Å². The summed E-state index contributed by atoms with van der Waals surface area (Å²) in [4.78, 5) is 0. The SMILES string of the molecule is CCC(NCc1ccc(CO)o1)c1ccc(Cl)cc1. The third-order valence-corrected chi connectivity index (χ3v) is 3.33. The molecule has 1 unspecified atom stereocenters. The first-order chi connectivity index (χ1) is 9.22. The molecule has 0 fully saturated rings. The van der Waals surface area contributed by atoms with Gasteiger partial charge in [-0.1, -0.05) is 30.7 Å². The highest BCUT2D eigenvalue weighted by atomic mass is 35.5. The van der Waals surface area contributed by atoms with Gasteiger partial charge in [-0.3, -0.25) is 0 Å². The monoisotopic (exact) mass is 279 g/mol. The van der Waals surface area contributed by atoms with Crippen LogP contribution < -0.4 is 5.32 Å². The molecule has 0 bridgehead atoms. The van der Waals surface area contributed by atoms with Crippen molar-refractivity contribution in [3.63, 3.8) is 0 Å². The maximum Gasteiger partial charge on any atom is 0.129 e. The van der Waals surface area contributed by atoms with Gasteiger partial charge in [-0.25, -0.2) is 0 Å². The molecule has 0 radical (unpaired) electrons. The highest BCUT2D eigenvalue weighted by Crippen LogP contribution is 2.20. The molecular weight excluding hydrogens is 262 g/mol. The maximum atomic E-state index is 8.95. The molecule has 102 valence electrons. The van der Waals surface area contributed by atoms with Crippen LogP contribution in [0, 0.1) is 0 Å². The van der Waals surface area contributed by atoms with E-state index in [0.717, 1.165) is 17.2 Å². The second-order valence-electron chi connectivity index (χ2n) is 4.42. The standard InChI is InChI=1S/C15H18ClNO2/c1-2-15(11-3-5-12(16)6-4-11)17-9-13-7-8-14(10-18)19-13/h3-8,15,17-18H,2,9-10H2,1H3. The Hall–Kier alpha value is -1.29. The highest BCUT2D eigenvalue weighted by molar-refractivity contribution is 6.30. The van der Waals surface area contributed by atoms with Crippen molar-refractivity contribution >= 4 is 11.6 Å². The second-order valence-corrected chi connectivity index (χ2v) is 4.86. The van der Waals surface area contributed by atoms with E-state index in [2.05, 4.69) is 12.2 Å². The van der Waals surface area contributed by atoms with Crippen LogP contribution in [0.2, 0.25) is 5.02 Å². The van der Waals surface area contributed by atoms with Crippen molar-refractivity contribution in [2.24, 2.45) is 0 Å². The Kier molecular flexibility index (Phi) is 5.02. The van der Waals surface area contributed by atoms with Gasteiger partial charge in [0.25, 0.3) is 0 Å². The van der Waals surface area contributed by atoms with Gasteiger partial charge in [0.2, 0.25) is 0 Å². The van der Waals surface area contributed by atoms with Gasteiger partial charge in [0.1, 0.15) is 18.1 Å². The number of nitrogens with one attached hydrogen (secondary N) is 1. The quantitative estimate of drug-likeness (QED) is 0.848. The first kappa shape index (κ1) is 14.1. The summed E-state index contributed by atoms with van der Waals surface area (Å²) in [6.07, 6.45) is 0.981. The van der Waals surface area contributed by atoms with E-state index in [-0.39, 0.29) is 12.6 Å². The van der Waals surface area contributed by atoms with Crippen LogP contribution in [-0.2, 0) is 13.2 Å². The zero-order valence-electron chi connectivity index (χ0n) is 10.9. The molecule has 2 rings (SSSR count). The average molecular weight is 280 g/mol. The molecule has 4 heteroatoms. The van der Waals surface area contributed by atoms with Gasteiger partial charge in [0.05, 0.1) is 6.54 Å². The van der Waals surface area contributed by atoms with Gasteiger partial charge >= 0.3 is 0 Å². The summed E-state index contributed by atoms with van der Waals surface area (Å²) in [5.74, 6) is 1.42. The Labute approximate surface area is 118 Å². The lowest BCUT2D eigenvalue weighted by molar-refractivity contribution is 0.242. The molecule has 2 N–H and O–H groups in total. The molecule has 0 aliphatic heterocycles. The van der Waals surface area contributed by atoms with E-state index in [4.69, 9.17) is 21.1 Å². The Morgan fingerprint density at radius 1 is 1.16 bits per heavy atom. The number of hydrogen-bond donors (Lipinski definition) is 2. The van der Waals surface area contributed by atoms with E-state index in [1.807, 2.05) is 30.3 Å². The average Bonchev–Trinajstić information content (AvgIpc) is 2.89. The zero-order valence-corrected chi connectivity index (χ0v) is 11.7. The first-order valence-electron chi connectivity index (χ1n) is 6.40. The summed E-state index contributed by atoms with van der Waals surface area (Å²) in [7, 11) is 0. The molecular formula is C15H18ClNO2. The van der Waals surface area contributed by atoms with Crippen molar-refractivity contribution in [2.75, 3.05) is 0 Å². The van der Waals surface area contributed by atoms with E-state index in [1.165, 1.54) is 5.56 Å². The fraction of sp³-hybridized carbons (Fsp3) is 0.333. The summed E-state index contributed by atoms with van der Waals surface area (Å²) in [5, 5.41) is 13.1. The molecule has 3 nitrogen and oxygen atoms in total. The molecule has 0 amide bonds. The lowest BCUT2D eigenvalue weighted by Crippen LogP contribution is -2.19. The van der Waals surface area contributed by atoms with Crippen molar-refractivity contribution in [1.82, 2.24) is 5.32 Å². The number of hydrogen-bond acceptors (Lipinski definition) is 3. The van der Waals surface area contributed by atoms with Crippen LogP contribution in [0.3, 0.4) is 0 Å². The topological polar surface area (TPSA) is 45.4 Å². The molecule has 0 saturated heterocycles. The summed E-state index contributed by atoms with van der Waals surface area (Å²) < 4.78 is 5.45. The van der Waals surface area contributed by atoms with Crippen LogP contribution in [0.15, 0.2) is 40.8 Å². The third-order valence-electron chi connectivity index (χ3n) is 3.08. The number of halogens is 1. The minimum absolute atomic E-state index is 0.0611. The fourth-order valence-electron chi connectivity index (χ4n) is 2.02. The van der Waals surface area contributed by atoms with Crippen molar-refractivity contribution in [3.05, 3.63) is 58.5 Å². The number of benzene rings is 1. The summed E-state index contributed by atoms with van der Waals surface area (Å²) >= 11 is 5.89. The summed E-state index contributed by atoms with van der Waals surface area (Å²) in [6.45, 7) is 2.71. The number of rotatable bonds is 6. The number of aliphatic hydroxyl groups is 1. The third kappa shape index (κ3) is 3.83. The number of aliphatic hydroxyl groups excluding tert-OH is 1. The van der Waals surface area contributed by atoms with Gasteiger partial charge in [-0.05, 0) is 36.2 Å². The molecule has 0 aliphatic rings. The van der Waals surface area contributed by atoms with Gasteiger partial charge in [0, 0.05) is 11.1 Å². The van der Waals surface area contributed by atoms with Crippen LogP contribution in [0.25, 0.3) is 0 Å². The largest absolute Gasteiger partial charge is 0.462 e. The normalized spacial score (nSPS) is 12.6. The molecule has 1 aromatic carbocycles. The van der Waals surface area contributed by atoms with Crippen LogP contribution in [0.5, 0.6) is 0 Å². The fourth-order valence-corrected chi connectivity index (χ4v) is 2.15. The Morgan fingerprint density at radius 2 is 1.84 bits per heavy atom. The molecule has 0 saturated carbocycles. The van der Waals surface area contributed by atoms with Crippen molar-refractivity contribution in [1.29, 1.82) is 0 Å². The maximum absolute atomic E-state index is 8.95. The van der Waals surface area contributed by atoms with E-state index in [1.54, 1.807) is 6.07 Å². The molecule has 0 spiro atoms. The summed E-state index contributed by atoms with van der Waals surface area (Å²) in [5.41, 5.74) is 1.21. The predicted octanol–water partition coefficient (Wildman–Crippen LogP) is 3.67. The van der Waals surface area contributed by atoms with E-state index < -0.39 is 0 Å². The van der Waals surface area contributed by atoms with E-state index >= 15 is 0 Å². The molecule has 2 aromatic rings. The van der Waals surface area contributed by atoms with E-state index in [0.29, 0.717) is 12.3 Å². The van der Waals surface area contributed by atoms with Gasteiger partial charge in [0.15, 0.2) is 0 Å². The second kappa shape index (κ2) is 6.75. The number of furan rings is 1. The Bertz CT molecular complexity index is 507. The smallest absolute Gasteiger partial charge is 0.129 e. The zero-order chi connectivity index (χ0) is 13.7. The van der Waals surface area contributed by atoms with E-state index in [9.17, 15) is 0 Å². The molecule has 1 aromatic heterocycles. The first-order valence-corrected chi connectivity index (χ1v) is 6.78. The van der Waals surface area contributed by atoms with Gasteiger partial charge in [-0.2, -0.15) is 0 Å². The predicted molar refractivity (Wildman–Crippen MR) is 76.0 cm³/mol. The molecule has 1 heterocycles. The lowest BCUT2D eigenvalue weighted by atomic mass is 10.0. The lowest BCUT2D eigenvalue weighted by Gasteiger charge is -2.16. The molecule has 1 atom stereocenters. The van der Waals surface area contributed by atoms with Crippen LogP contribution >= 0.6 is 11.6 Å². The van der Waals surface area contributed by atoms with Gasteiger partial charge < -0.3 is 14.8 Å². The highest BCUT2D eigenvalue weighted by Gasteiger charge is 2.09. The molecule has 19 heavy (non-hydrogen) atoms. The van der Waals surface area contributed by atoms with Crippen molar-refractivity contribution in [3.8, 4) is 0 Å². The summed E-state index contributed by atoms with van der Waals surface area (Å²) in [6, 6.07) is 11.8. The Balaban J connectivity index is 1.97. The minimum atomic E-state index is -0.0611. The van der Waals surface area contributed by atoms with Gasteiger partial charge in [-0.15, -0.1) is 0 Å². The Morgan fingerprint density at radius 3 is 2.42 bits per heavy atom. The van der Waals surface area contributed by atoms with Crippen LogP contribution in [0.4, 0.5) is 0 Å². The van der Waals surface area contributed by atoms with Crippen molar-refractivity contribution in [2.45, 2.75) is 32.5 Å². The van der Waals surface area contributed by atoms with Crippen LogP contribution in [0.1, 0.15) is 36.5 Å². The minimum Gasteiger partial charge on any atom is -0.462 e. The molecule has 0 aliphatic carbocycles.